The molecular weight excluding hydrogens is 410 g/mol. The van der Waals surface area contributed by atoms with Gasteiger partial charge >= 0.3 is 0 Å². The van der Waals surface area contributed by atoms with E-state index in [2.05, 4.69) is 76.3 Å². The first-order chi connectivity index (χ1) is 15.2. The molecule has 0 spiro atoms. The van der Waals surface area contributed by atoms with Crippen LogP contribution in [-0.2, 0) is 4.43 Å². The minimum absolute atomic E-state index is 0.268. The van der Waals surface area contributed by atoms with E-state index < -0.39 is 8.32 Å². The van der Waals surface area contributed by atoms with Gasteiger partial charge in [-0.2, -0.15) is 0 Å². The molecule has 32 heavy (non-hydrogen) atoms. The summed E-state index contributed by atoms with van der Waals surface area (Å²) in [6.07, 6.45) is 7.44. The van der Waals surface area contributed by atoms with Gasteiger partial charge in [-0.05, 0) is 104 Å². The molecule has 0 aliphatic rings. The van der Waals surface area contributed by atoms with Crippen LogP contribution in [0.2, 0.25) is 19.1 Å². The molecule has 5 heteroatoms. The minimum atomic E-state index is -1.76. The molecule has 0 aromatic rings. The van der Waals surface area contributed by atoms with Crippen LogP contribution in [0.3, 0.4) is 0 Å². The smallest absolute Gasteiger partial charge is 0.187 e. The van der Waals surface area contributed by atoms with Crippen LogP contribution in [0.25, 0.3) is 0 Å². The Morgan fingerprint density at radius 2 is 0.812 bits per heavy atom. The molecule has 0 unspecified atom stereocenters. The van der Waals surface area contributed by atoms with E-state index in [9.17, 15) is 0 Å². The maximum atomic E-state index is 6.47. The molecule has 0 saturated heterocycles. The van der Waals surface area contributed by atoms with Crippen LogP contribution in [0.1, 0.15) is 87.0 Å². The molecule has 0 aromatic heterocycles. The lowest BCUT2D eigenvalue weighted by Gasteiger charge is -2.47. The van der Waals surface area contributed by atoms with Crippen molar-refractivity contribution in [3.8, 4) is 0 Å². The lowest BCUT2D eigenvalue weighted by molar-refractivity contribution is 0.0614. The molecule has 0 aliphatic heterocycles. The largest absolute Gasteiger partial charge is 0.418 e. The summed E-state index contributed by atoms with van der Waals surface area (Å²) in [7, 11) is -1.76. The predicted molar refractivity (Wildman–Crippen MR) is 147 cm³/mol. The monoisotopic (exact) mass is 471 g/mol. The van der Waals surface area contributed by atoms with E-state index in [1.807, 2.05) is 0 Å². The molecule has 0 aromatic carbocycles. The van der Waals surface area contributed by atoms with Gasteiger partial charge in [-0.15, -0.1) is 0 Å². The number of hydrogen-bond donors (Lipinski definition) is 0. The Morgan fingerprint density at radius 1 is 0.531 bits per heavy atom. The first-order valence-electron chi connectivity index (χ1n) is 14.1. The van der Waals surface area contributed by atoms with Gasteiger partial charge in [0, 0.05) is 31.7 Å². The van der Waals surface area contributed by atoms with Gasteiger partial charge in [-0.3, -0.25) is 0 Å². The van der Waals surface area contributed by atoms with Gasteiger partial charge in [0.05, 0.1) is 0 Å². The highest BCUT2D eigenvalue weighted by atomic mass is 28.4. The van der Waals surface area contributed by atoms with E-state index in [0.717, 1.165) is 6.61 Å². The topological polar surface area (TPSA) is 19.0 Å². The fourth-order valence-electron chi connectivity index (χ4n) is 5.79. The second-order valence-electron chi connectivity index (χ2n) is 10.7. The molecule has 0 heterocycles. The summed E-state index contributed by atoms with van der Waals surface area (Å²) < 4.78 is 6.47. The quantitative estimate of drug-likeness (QED) is 0.166. The molecular formula is C27H61N3OSi. The third kappa shape index (κ3) is 13.7. The predicted octanol–water partition coefficient (Wildman–Crippen LogP) is 6.58. The van der Waals surface area contributed by atoms with Gasteiger partial charge in [0.25, 0.3) is 0 Å². The number of nitrogens with zero attached hydrogens (tertiary/aromatic N) is 3. The Morgan fingerprint density at radius 3 is 1.03 bits per heavy atom. The number of rotatable bonds is 22. The van der Waals surface area contributed by atoms with Crippen LogP contribution in [0.5, 0.6) is 0 Å². The molecule has 0 bridgehead atoms. The Hall–Kier alpha value is 0.0569. The molecule has 194 valence electrons. The summed E-state index contributed by atoms with van der Waals surface area (Å²) in [4.78, 5) is 8.34. The van der Waals surface area contributed by atoms with Crippen molar-refractivity contribution in [1.82, 2.24) is 14.7 Å². The molecule has 0 fully saturated rings. The summed E-state index contributed by atoms with van der Waals surface area (Å²) in [5, 5.41) is 0. The Bertz CT molecular complexity index is 370. The molecule has 0 atom stereocenters. The fraction of sp³-hybridized carbons (Fsp3) is 1.00. The zero-order valence-corrected chi connectivity index (χ0v) is 24.8. The van der Waals surface area contributed by atoms with Gasteiger partial charge in [0.1, 0.15) is 0 Å². The van der Waals surface area contributed by atoms with E-state index in [-0.39, 0.29) is 5.41 Å². The van der Waals surface area contributed by atoms with Crippen LogP contribution in [0.15, 0.2) is 0 Å². The molecule has 0 radical (unpaired) electrons. The van der Waals surface area contributed by atoms with Crippen molar-refractivity contribution in [2.24, 2.45) is 5.41 Å². The Balaban J connectivity index is 6.25. The van der Waals surface area contributed by atoms with Gasteiger partial charge in [-0.25, -0.2) is 0 Å². The van der Waals surface area contributed by atoms with E-state index in [0.29, 0.717) is 0 Å². The fourth-order valence-corrected chi connectivity index (χ4v) is 8.82. The van der Waals surface area contributed by atoms with Gasteiger partial charge in [0.15, 0.2) is 8.32 Å². The second-order valence-corrected chi connectivity index (χ2v) is 14.9. The third-order valence-corrected chi connectivity index (χ3v) is 8.92. The van der Waals surface area contributed by atoms with Crippen LogP contribution in [0, 0.1) is 5.41 Å². The first-order valence-corrected chi connectivity index (χ1v) is 17.2. The minimum Gasteiger partial charge on any atom is -0.418 e. The SMILES string of the molecule is CCCN(CCC)CC(CN(CCC)CCC)(CN(CCC)CCC)C[Si](C)(C)OCC. The van der Waals surface area contributed by atoms with Crippen molar-refractivity contribution in [1.29, 1.82) is 0 Å². The Labute approximate surface area is 204 Å². The third-order valence-electron chi connectivity index (χ3n) is 6.25. The average molecular weight is 472 g/mol. The second kappa shape index (κ2) is 18.4. The maximum absolute atomic E-state index is 6.47. The van der Waals surface area contributed by atoms with Crippen LogP contribution >= 0.6 is 0 Å². The molecule has 0 rings (SSSR count). The average Bonchev–Trinajstić information content (AvgIpc) is 2.68. The molecule has 4 nitrogen and oxygen atoms in total. The highest BCUT2D eigenvalue weighted by Crippen LogP contribution is 2.34. The molecule has 0 N–H and O–H groups in total. The highest BCUT2D eigenvalue weighted by Gasteiger charge is 2.42. The van der Waals surface area contributed by atoms with Crippen molar-refractivity contribution in [3.63, 3.8) is 0 Å². The summed E-state index contributed by atoms with van der Waals surface area (Å²) >= 11 is 0. The summed E-state index contributed by atoms with van der Waals surface area (Å²) in [5.74, 6) is 0. The molecule has 0 aliphatic carbocycles. The van der Waals surface area contributed by atoms with Gasteiger partial charge < -0.3 is 19.1 Å². The maximum Gasteiger partial charge on any atom is 0.187 e. The van der Waals surface area contributed by atoms with E-state index in [1.165, 1.54) is 103 Å². The number of hydrogen-bond acceptors (Lipinski definition) is 4. The molecule has 0 saturated carbocycles. The normalized spacial score (nSPS) is 13.1. The van der Waals surface area contributed by atoms with Gasteiger partial charge in [-0.1, -0.05) is 41.5 Å². The lowest BCUT2D eigenvalue weighted by atomic mass is 9.87. The van der Waals surface area contributed by atoms with E-state index in [4.69, 9.17) is 4.43 Å². The lowest BCUT2D eigenvalue weighted by Crippen LogP contribution is -2.56. The first kappa shape index (κ1) is 32.1. The van der Waals surface area contributed by atoms with Crippen molar-refractivity contribution in [3.05, 3.63) is 0 Å². The zero-order chi connectivity index (χ0) is 24.5. The Kier molecular flexibility index (Phi) is 18.4. The van der Waals surface area contributed by atoms with Crippen molar-refractivity contribution in [2.75, 3.05) is 65.5 Å². The highest BCUT2D eigenvalue weighted by molar-refractivity contribution is 6.71. The summed E-state index contributed by atoms with van der Waals surface area (Å²) in [6, 6.07) is 1.26. The van der Waals surface area contributed by atoms with Crippen LogP contribution in [0.4, 0.5) is 0 Å². The van der Waals surface area contributed by atoms with Crippen molar-refractivity contribution in [2.45, 2.75) is 106 Å². The standard InChI is InChI=1S/C27H61N3OSi/c1-10-17-28(18-11-2)23-27(26-32(8,9)31-16-7,24-29(19-12-3)20-13-4)25-30(21-14-5)22-15-6/h10-26H2,1-9H3. The summed E-state index contributed by atoms with van der Waals surface area (Å²) in [5.41, 5.74) is 0.268. The van der Waals surface area contributed by atoms with Crippen molar-refractivity contribution >= 4 is 8.32 Å². The zero-order valence-electron chi connectivity index (χ0n) is 23.8. The van der Waals surface area contributed by atoms with Crippen LogP contribution in [-0.4, -0.2) is 88.5 Å². The van der Waals surface area contributed by atoms with Gasteiger partial charge in [0.2, 0.25) is 0 Å². The van der Waals surface area contributed by atoms with Crippen LogP contribution < -0.4 is 0 Å². The molecule has 0 amide bonds. The van der Waals surface area contributed by atoms with E-state index >= 15 is 0 Å². The summed E-state index contributed by atoms with van der Waals surface area (Å²) in [6.45, 7) is 32.9. The van der Waals surface area contributed by atoms with E-state index in [1.54, 1.807) is 0 Å². The van der Waals surface area contributed by atoms with Crippen molar-refractivity contribution < 1.29 is 4.43 Å².